The van der Waals surface area contributed by atoms with E-state index in [4.69, 9.17) is 21.7 Å². The summed E-state index contributed by atoms with van der Waals surface area (Å²) in [5.74, 6) is -4.21. The molecule has 0 saturated heterocycles. The normalized spacial score (nSPS) is 13.7. The molecular weight excluding hydrogens is 380 g/mol. The summed E-state index contributed by atoms with van der Waals surface area (Å²) in [6, 6.07) is 5.23. The number of nitrogens with two attached hydrogens (primary N) is 2. The van der Waals surface area contributed by atoms with Gasteiger partial charge in [0.2, 0.25) is 11.8 Å². The lowest BCUT2D eigenvalue weighted by molar-refractivity contribution is -0.147. The third-order valence-corrected chi connectivity index (χ3v) is 4.21. The van der Waals surface area contributed by atoms with Crippen molar-refractivity contribution < 1.29 is 29.4 Å². The van der Waals surface area contributed by atoms with E-state index in [0.717, 1.165) is 5.56 Å². The number of rotatable bonds is 13. The molecule has 0 aliphatic rings. The summed E-state index contributed by atoms with van der Waals surface area (Å²) in [6.07, 6.45) is 1.06. The van der Waals surface area contributed by atoms with E-state index in [2.05, 4.69) is 10.6 Å². The minimum atomic E-state index is -1.62. The second kappa shape index (κ2) is 12.5. The Labute approximate surface area is 168 Å². The molecule has 1 aromatic rings. The lowest BCUT2D eigenvalue weighted by atomic mass is 10.0. The molecule has 0 aliphatic carbocycles. The van der Waals surface area contributed by atoms with Gasteiger partial charge in [0.25, 0.3) is 0 Å². The molecule has 10 nitrogen and oxygen atoms in total. The summed E-state index contributed by atoms with van der Waals surface area (Å²) < 4.78 is 0. The quantitative estimate of drug-likeness (QED) is 0.229. The van der Waals surface area contributed by atoms with Crippen LogP contribution in [-0.4, -0.2) is 58.6 Å². The predicted octanol–water partition coefficient (Wildman–Crippen LogP) is -0.786. The third kappa shape index (κ3) is 9.17. The molecule has 29 heavy (non-hydrogen) atoms. The first kappa shape index (κ1) is 24.1. The van der Waals surface area contributed by atoms with E-state index < -0.39 is 48.3 Å². The first-order valence-electron chi connectivity index (χ1n) is 9.29. The number of carbonyl (C=O) groups excluding carboxylic acids is 2. The molecule has 160 valence electrons. The molecular formula is C19H28N4O6. The number of hydrogen-bond acceptors (Lipinski definition) is 6. The number of carboxylic acid groups (broad SMARTS) is 2. The van der Waals surface area contributed by atoms with Crippen LogP contribution in [0.25, 0.3) is 0 Å². The summed E-state index contributed by atoms with van der Waals surface area (Å²) in [4.78, 5) is 47.1. The maximum absolute atomic E-state index is 12.6. The topological polar surface area (TPSA) is 185 Å². The average molecular weight is 408 g/mol. The molecule has 0 spiro atoms. The van der Waals surface area contributed by atoms with Crippen LogP contribution in [-0.2, 0) is 25.6 Å². The van der Waals surface area contributed by atoms with Crippen LogP contribution in [0.1, 0.15) is 31.2 Å². The van der Waals surface area contributed by atoms with Crippen LogP contribution in [0.4, 0.5) is 0 Å². The smallest absolute Gasteiger partial charge is 0.326 e. The zero-order chi connectivity index (χ0) is 21.8. The van der Waals surface area contributed by atoms with Gasteiger partial charge in [0, 0.05) is 6.42 Å². The van der Waals surface area contributed by atoms with E-state index in [1.165, 1.54) is 0 Å². The van der Waals surface area contributed by atoms with Crippen LogP contribution >= 0.6 is 0 Å². The van der Waals surface area contributed by atoms with Crippen LogP contribution in [0.2, 0.25) is 0 Å². The molecule has 0 heterocycles. The van der Waals surface area contributed by atoms with Crippen molar-refractivity contribution in [1.82, 2.24) is 10.6 Å². The number of unbranched alkanes of at least 4 members (excludes halogenated alkanes) is 1. The SMILES string of the molecule is NCCCCC(N)C(=O)NC(Cc1ccccc1)C(=O)NC(CC(=O)O)C(=O)O. The summed E-state index contributed by atoms with van der Waals surface area (Å²) in [7, 11) is 0. The van der Waals surface area contributed by atoms with Gasteiger partial charge in [-0.3, -0.25) is 14.4 Å². The molecule has 3 unspecified atom stereocenters. The lowest BCUT2D eigenvalue weighted by Crippen LogP contribution is -2.55. The first-order chi connectivity index (χ1) is 13.7. The first-order valence-corrected chi connectivity index (χ1v) is 9.29. The van der Waals surface area contributed by atoms with Gasteiger partial charge in [-0.25, -0.2) is 4.79 Å². The Morgan fingerprint density at radius 2 is 1.55 bits per heavy atom. The van der Waals surface area contributed by atoms with E-state index in [-0.39, 0.29) is 6.42 Å². The summed E-state index contributed by atoms with van der Waals surface area (Å²) >= 11 is 0. The van der Waals surface area contributed by atoms with Crippen molar-refractivity contribution in [2.45, 2.75) is 50.2 Å². The van der Waals surface area contributed by atoms with E-state index in [1.807, 2.05) is 0 Å². The average Bonchev–Trinajstić information content (AvgIpc) is 2.67. The Bertz CT molecular complexity index is 697. The maximum Gasteiger partial charge on any atom is 0.326 e. The van der Waals surface area contributed by atoms with E-state index in [0.29, 0.717) is 25.8 Å². The highest BCUT2D eigenvalue weighted by atomic mass is 16.4. The highest BCUT2D eigenvalue weighted by Gasteiger charge is 2.29. The van der Waals surface area contributed by atoms with Crippen molar-refractivity contribution in [3.63, 3.8) is 0 Å². The molecule has 3 atom stereocenters. The molecule has 0 saturated carbocycles. The van der Waals surface area contributed by atoms with E-state index >= 15 is 0 Å². The van der Waals surface area contributed by atoms with Gasteiger partial charge in [0.1, 0.15) is 12.1 Å². The molecule has 2 amide bonds. The molecule has 1 aromatic carbocycles. The van der Waals surface area contributed by atoms with Gasteiger partial charge in [0.15, 0.2) is 0 Å². The second-order valence-electron chi connectivity index (χ2n) is 6.64. The van der Waals surface area contributed by atoms with Gasteiger partial charge in [0.05, 0.1) is 12.5 Å². The van der Waals surface area contributed by atoms with Gasteiger partial charge >= 0.3 is 11.9 Å². The number of hydrogen-bond donors (Lipinski definition) is 6. The fraction of sp³-hybridized carbons (Fsp3) is 0.474. The highest BCUT2D eigenvalue weighted by molar-refractivity contribution is 5.92. The molecule has 0 fully saturated rings. The maximum atomic E-state index is 12.6. The Morgan fingerprint density at radius 3 is 2.10 bits per heavy atom. The highest BCUT2D eigenvalue weighted by Crippen LogP contribution is 2.06. The lowest BCUT2D eigenvalue weighted by Gasteiger charge is -2.22. The van der Waals surface area contributed by atoms with Crippen LogP contribution in [0, 0.1) is 0 Å². The van der Waals surface area contributed by atoms with E-state index in [9.17, 15) is 19.2 Å². The van der Waals surface area contributed by atoms with Gasteiger partial charge < -0.3 is 32.3 Å². The van der Waals surface area contributed by atoms with E-state index in [1.54, 1.807) is 30.3 Å². The van der Waals surface area contributed by atoms with Crippen LogP contribution in [0.15, 0.2) is 30.3 Å². The Hall–Kier alpha value is -2.98. The van der Waals surface area contributed by atoms with Crippen molar-refractivity contribution in [2.24, 2.45) is 11.5 Å². The van der Waals surface area contributed by atoms with Crippen LogP contribution in [0.5, 0.6) is 0 Å². The standard InChI is InChI=1S/C19H28N4O6/c20-9-5-4-8-13(21)17(26)22-14(10-12-6-2-1-3-7-12)18(27)23-15(19(28)29)11-16(24)25/h1-3,6-7,13-15H,4-5,8-11,20-21H2,(H,22,26)(H,23,27)(H,24,25)(H,28,29). The number of aliphatic carboxylic acids is 2. The third-order valence-electron chi connectivity index (χ3n) is 4.21. The number of carboxylic acids is 2. The van der Waals surface area contributed by atoms with Crippen LogP contribution < -0.4 is 22.1 Å². The van der Waals surface area contributed by atoms with Crippen molar-refractivity contribution >= 4 is 23.8 Å². The summed E-state index contributed by atoms with van der Waals surface area (Å²) in [6.45, 7) is 0.480. The number of nitrogens with one attached hydrogen (secondary N) is 2. The number of carbonyl (C=O) groups is 4. The summed E-state index contributed by atoms with van der Waals surface area (Å²) in [5, 5.41) is 22.7. The predicted molar refractivity (Wildman–Crippen MR) is 105 cm³/mol. The second-order valence-corrected chi connectivity index (χ2v) is 6.64. The van der Waals surface area contributed by atoms with Gasteiger partial charge in [-0.05, 0) is 24.9 Å². The zero-order valence-corrected chi connectivity index (χ0v) is 16.0. The molecule has 0 aromatic heterocycles. The zero-order valence-electron chi connectivity index (χ0n) is 16.0. The largest absolute Gasteiger partial charge is 0.481 e. The monoisotopic (exact) mass is 408 g/mol. The fourth-order valence-electron chi connectivity index (χ4n) is 2.62. The van der Waals surface area contributed by atoms with Gasteiger partial charge in [-0.2, -0.15) is 0 Å². The van der Waals surface area contributed by atoms with Gasteiger partial charge in [-0.1, -0.05) is 36.8 Å². The number of benzene rings is 1. The molecule has 0 radical (unpaired) electrons. The van der Waals surface area contributed by atoms with Gasteiger partial charge in [-0.15, -0.1) is 0 Å². The van der Waals surface area contributed by atoms with Crippen molar-refractivity contribution in [3.05, 3.63) is 35.9 Å². The molecule has 10 heteroatoms. The molecule has 1 rings (SSSR count). The van der Waals surface area contributed by atoms with Crippen molar-refractivity contribution in [2.75, 3.05) is 6.54 Å². The van der Waals surface area contributed by atoms with Crippen LogP contribution in [0.3, 0.4) is 0 Å². The minimum absolute atomic E-state index is 0.0906. The Kier molecular flexibility index (Phi) is 10.3. The number of amides is 2. The Balaban J connectivity index is 2.89. The van der Waals surface area contributed by atoms with Crippen molar-refractivity contribution in [1.29, 1.82) is 0 Å². The van der Waals surface area contributed by atoms with Crippen molar-refractivity contribution in [3.8, 4) is 0 Å². The molecule has 0 bridgehead atoms. The fourth-order valence-corrected chi connectivity index (χ4v) is 2.62. The molecule has 0 aliphatic heterocycles. The minimum Gasteiger partial charge on any atom is -0.481 e. The molecule has 8 N–H and O–H groups in total. The summed E-state index contributed by atoms with van der Waals surface area (Å²) in [5.41, 5.74) is 12.0. The Morgan fingerprint density at radius 1 is 0.931 bits per heavy atom.